The number of carbonyl (C=O) groups is 1. The van der Waals surface area contributed by atoms with Crippen LogP contribution in [0.5, 0.6) is 0 Å². The van der Waals surface area contributed by atoms with Crippen molar-refractivity contribution in [1.82, 2.24) is 0 Å². The third kappa shape index (κ3) is 2.06. The van der Waals surface area contributed by atoms with Crippen LogP contribution < -0.4 is 0 Å². The maximum Gasteiger partial charge on any atom is 0.307 e. The van der Waals surface area contributed by atoms with Gasteiger partial charge in [0.05, 0.1) is 5.92 Å². The van der Waals surface area contributed by atoms with E-state index in [0.717, 1.165) is 12.8 Å². The average Bonchev–Trinajstić information content (AvgIpc) is 2.62. The summed E-state index contributed by atoms with van der Waals surface area (Å²) in [4.78, 5) is 16.3. The summed E-state index contributed by atoms with van der Waals surface area (Å²) in [5, 5.41) is 12.9. The molecule has 0 aromatic heterocycles. The van der Waals surface area contributed by atoms with E-state index in [1.54, 1.807) is 6.21 Å². The maximum atomic E-state index is 10.9. The van der Waals surface area contributed by atoms with Gasteiger partial charge in [-0.15, -0.1) is 0 Å². The lowest BCUT2D eigenvalue weighted by atomic mass is 10.1. The maximum absolute atomic E-state index is 10.9. The molecule has 2 atom stereocenters. The Labute approximate surface area is 95.7 Å². The van der Waals surface area contributed by atoms with Crippen LogP contribution in [0, 0.1) is 17.3 Å². The lowest BCUT2D eigenvalue weighted by Gasteiger charge is -2.05. The minimum atomic E-state index is -0.734. The summed E-state index contributed by atoms with van der Waals surface area (Å²) in [6.07, 6.45) is 6.51. The second-order valence-corrected chi connectivity index (χ2v) is 5.43. The topological polar surface area (TPSA) is 58.9 Å². The van der Waals surface area contributed by atoms with Crippen molar-refractivity contribution in [2.45, 2.75) is 45.6 Å². The normalized spacial score (nSPS) is 33.1. The fourth-order valence-corrected chi connectivity index (χ4v) is 2.61. The van der Waals surface area contributed by atoms with Crippen LogP contribution in [0.2, 0.25) is 0 Å². The lowest BCUT2D eigenvalue weighted by Crippen LogP contribution is -2.04. The van der Waals surface area contributed by atoms with E-state index < -0.39 is 5.97 Å². The summed E-state index contributed by atoms with van der Waals surface area (Å²) < 4.78 is 0. The molecule has 4 nitrogen and oxygen atoms in total. The molecule has 90 valence electrons. The molecule has 0 saturated heterocycles. The first-order valence-electron chi connectivity index (χ1n) is 5.95. The number of hydrogen-bond donors (Lipinski definition) is 1. The lowest BCUT2D eigenvalue weighted by molar-refractivity contribution is -0.139. The molecule has 0 aliphatic heterocycles. The molecular formula is C12H19NO3. The van der Waals surface area contributed by atoms with Crippen LogP contribution in [0.25, 0.3) is 0 Å². The summed E-state index contributed by atoms with van der Waals surface area (Å²) in [7, 11) is 0. The minimum Gasteiger partial charge on any atom is -0.481 e. The standard InChI is InChI=1S/C12H19NO3/c1-12(2)9(10(12)11(14)15)7-13-16-8-5-3-4-6-8/h7-10H,3-6H2,1-2H3,(H,14,15)/t9-,10-/m0/s1. The van der Waals surface area contributed by atoms with Gasteiger partial charge in [-0.05, 0) is 31.1 Å². The third-order valence-electron chi connectivity index (χ3n) is 3.91. The second kappa shape index (κ2) is 4.07. The van der Waals surface area contributed by atoms with Gasteiger partial charge in [-0.2, -0.15) is 0 Å². The number of aliphatic carboxylic acids is 1. The Kier molecular flexibility index (Phi) is 2.91. The first-order chi connectivity index (χ1) is 7.53. The van der Waals surface area contributed by atoms with Gasteiger partial charge in [-0.1, -0.05) is 19.0 Å². The predicted molar refractivity (Wildman–Crippen MR) is 60.2 cm³/mol. The molecule has 0 bridgehead atoms. The van der Waals surface area contributed by atoms with Gasteiger partial charge in [0.15, 0.2) is 0 Å². The second-order valence-electron chi connectivity index (χ2n) is 5.43. The number of rotatable bonds is 4. The van der Waals surface area contributed by atoms with Gasteiger partial charge in [0.1, 0.15) is 6.10 Å². The molecular weight excluding hydrogens is 206 g/mol. The molecule has 0 aromatic rings. The fraction of sp³-hybridized carbons (Fsp3) is 0.833. The Balaban J connectivity index is 1.81. The van der Waals surface area contributed by atoms with Gasteiger partial charge in [0.25, 0.3) is 0 Å². The third-order valence-corrected chi connectivity index (χ3v) is 3.91. The van der Waals surface area contributed by atoms with Crippen molar-refractivity contribution in [2.75, 3.05) is 0 Å². The van der Waals surface area contributed by atoms with E-state index in [4.69, 9.17) is 9.94 Å². The molecule has 2 fully saturated rings. The molecule has 2 saturated carbocycles. The molecule has 2 aliphatic carbocycles. The number of carboxylic acids is 1. The molecule has 2 aliphatic rings. The van der Waals surface area contributed by atoms with Crippen LogP contribution in [0.15, 0.2) is 5.16 Å². The van der Waals surface area contributed by atoms with E-state index in [1.165, 1.54) is 12.8 Å². The monoisotopic (exact) mass is 225 g/mol. The van der Waals surface area contributed by atoms with Crippen molar-refractivity contribution >= 4 is 12.2 Å². The molecule has 4 heteroatoms. The predicted octanol–water partition coefficient (Wildman–Crippen LogP) is 2.29. The van der Waals surface area contributed by atoms with Crippen LogP contribution >= 0.6 is 0 Å². The smallest absolute Gasteiger partial charge is 0.307 e. The SMILES string of the molecule is CC1(C)[C@H](C(=O)O)[C@@H]1C=NOC1CCCC1. The Hall–Kier alpha value is -1.06. The molecule has 0 amide bonds. The van der Waals surface area contributed by atoms with Gasteiger partial charge in [0.2, 0.25) is 0 Å². The molecule has 0 unspecified atom stereocenters. The Morgan fingerprint density at radius 2 is 2.06 bits per heavy atom. The summed E-state index contributed by atoms with van der Waals surface area (Å²) in [5.74, 6) is -1.02. The van der Waals surface area contributed by atoms with E-state index >= 15 is 0 Å². The Morgan fingerprint density at radius 1 is 1.44 bits per heavy atom. The van der Waals surface area contributed by atoms with Gasteiger partial charge in [0, 0.05) is 12.1 Å². The number of oxime groups is 1. The van der Waals surface area contributed by atoms with Crippen molar-refractivity contribution in [3.63, 3.8) is 0 Å². The van der Waals surface area contributed by atoms with Gasteiger partial charge >= 0.3 is 5.97 Å². The van der Waals surface area contributed by atoms with Crippen LogP contribution in [0.1, 0.15) is 39.5 Å². The molecule has 16 heavy (non-hydrogen) atoms. The summed E-state index contributed by atoms with van der Waals surface area (Å²) in [6.45, 7) is 3.91. The zero-order chi connectivity index (χ0) is 11.8. The van der Waals surface area contributed by atoms with Crippen molar-refractivity contribution in [3.05, 3.63) is 0 Å². The average molecular weight is 225 g/mol. The first kappa shape index (κ1) is 11.4. The van der Waals surface area contributed by atoms with Crippen molar-refractivity contribution in [3.8, 4) is 0 Å². The highest BCUT2D eigenvalue weighted by atomic mass is 16.6. The van der Waals surface area contributed by atoms with E-state index in [1.807, 2.05) is 13.8 Å². The van der Waals surface area contributed by atoms with E-state index in [0.29, 0.717) is 0 Å². The highest BCUT2D eigenvalue weighted by molar-refractivity contribution is 5.84. The highest BCUT2D eigenvalue weighted by Crippen LogP contribution is 2.57. The van der Waals surface area contributed by atoms with E-state index in [-0.39, 0.29) is 23.4 Å². The van der Waals surface area contributed by atoms with Gasteiger partial charge < -0.3 is 9.94 Å². The zero-order valence-corrected chi connectivity index (χ0v) is 9.85. The molecule has 0 radical (unpaired) electrons. The van der Waals surface area contributed by atoms with E-state index in [9.17, 15) is 4.79 Å². The zero-order valence-electron chi connectivity index (χ0n) is 9.85. The summed E-state index contributed by atoms with van der Waals surface area (Å²) in [6, 6.07) is 0. The first-order valence-corrected chi connectivity index (χ1v) is 5.95. The largest absolute Gasteiger partial charge is 0.481 e. The van der Waals surface area contributed by atoms with Crippen LogP contribution in [-0.2, 0) is 9.63 Å². The number of carboxylic acid groups (broad SMARTS) is 1. The van der Waals surface area contributed by atoms with Gasteiger partial charge in [-0.3, -0.25) is 4.79 Å². The van der Waals surface area contributed by atoms with Gasteiger partial charge in [-0.25, -0.2) is 0 Å². The quantitative estimate of drug-likeness (QED) is 0.590. The Morgan fingerprint density at radius 3 is 2.56 bits per heavy atom. The van der Waals surface area contributed by atoms with Crippen LogP contribution in [0.4, 0.5) is 0 Å². The Bertz CT molecular complexity index is 305. The molecule has 0 heterocycles. The van der Waals surface area contributed by atoms with Crippen LogP contribution in [0.3, 0.4) is 0 Å². The molecule has 0 spiro atoms. The van der Waals surface area contributed by atoms with Crippen LogP contribution in [-0.4, -0.2) is 23.4 Å². The number of nitrogens with zero attached hydrogens (tertiary/aromatic N) is 1. The summed E-state index contributed by atoms with van der Waals surface area (Å²) >= 11 is 0. The molecule has 0 aromatic carbocycles. The highest BCUT2D eigenvalue weighted by Gasteiger charge is 2.61. The fourth-order valence-electron chi connectivity index (χ4n) is 2.61. The molecule has 2 rings (SSSR count). The molecule has 1 N–H and O–H groups in total. The van der Waals surface area contributed by atoms with Crippen molar-refractivity contribution < 1.29 is 14.7 Å². The summed E-state index contributed by atoms with van der Waals surface area (Å²) in [5.41, 5.74) is -0.172. The van der Waals surface area contributed by atoms with Crippen molar-refractivity contribution in [2.24, 2.45) is 22.4 Å². The van der Waals surface area contributed by atoms with Crippen molar-refractivity contribution in [1.29, 1.82) is 0 Å². The number of hydrogen-bond acceptors (Lipinski definition) is 3. The van der Waals surface area contributed by atoms with E-state index in [2.05, 4.69) is 5.16 Å². The minimum absolute atomic E-state index is 0.0198.